The normalized spacial score (nSPS) is 25.6. The van der Waals surface area contributed by atoms with Crippen molar-refractivity contribution in [2.45, 2.75) is 31.0 Å². The van der Waals surface area contributed by atoms with Gasteiger partial charge >= 0.3 is 0 Å². The minimum Gasteiger partial charge on any atom is -0.481 e. The summed E-state index contributed by atoms with van der Waals surface area (Å²) in [6.07, 6.45) is 1.62. The number of likely N-dealkylation sites (tertiary alicyclic amines) is 1. The number of nitriles is 1. The van der Waals surface area contributed by atoms with Gasteiger partial charge in [0.05, 0.1) is 17.7 Å². The zero-order chi connectivity index (χ0) is 17.4. The Bertz CT molecular complexity index is 832. The third kappa shape index (κ3) is 2.99. The van der Waals surface area contributed by atoms with E-state index in [2.05, 4.69) is 17.0 Å². The standard InChI is InChI=1S/C20H20FN3O/c21-17-9-13(11-22)5-6-19(17)25-20-16-4-2-1-3-14(16)10-18(20)24-8-7-15(23)12-24/h1-6,9,15,18,20H,7-8,10,12,23H2/t15-,18+,20+/m0/s1. The molecule has 0 unspecified atom stereocenters. The van der Waals surface area contributed by atoms with Crippen LogP contribution in [0.15, 0.2) is 42.5 Å². The third-order valence-corrected chi connectivity index (χ3v) is 5.18. The maximum absolute atomic E-state index is 14.3. The Morgan fingerprint density at radius 1 is 1.24 bits per heavy atom. The molecule has 0 bridgehead atoms. The molecule has 1 aliphatic carbocycles. The molecule has 0 radical (unpaired) electrons. The van der Waals surface area contributed by atoms with Crippen LogP contribution in [-0.4, -0.2) is 30.1 Å². The van der Waals surface area contributed by atoms with Crippen molar-refractivity contribution in [1.29, 1.82) is 5.26 Å². The lowest BCUT2D eigenvalue weighted by Gasteiger charge is -2.30. The van der Waals surface area contributed by atoms with Gasteiger partial charge in [-0.15, -0.1) is 0 Å². The van der Waals surface area contributed by atoms with Gasteiger partial charge in [-0.1, -0.05) is 24.3 Å². The Labute approximate surface area is 146 Å². The highest BCUT2D eigenvalue weighted by Gasteiger charge is 2.40. The molecule has 0 saturated carbocycles. The minimum absolute atomic E-state index is 0.154. The van der Waals surface area contributed by atoms with Crippen LogP contribution < -0.4 is 10.5 Å². The van der Waals surface area contributed by atoms with Crippen molar-refractivity contribution in [3.8, 4) is 11.8 Å². The molecule has 25 heavy (non-hydrogen) atoms. The zero-order valence-electron chi connectivity index (χ0n) is 13.9. The van der Waals surface area contributed by atoms with E-state index < -0.39 is 5.82 Å². The fraction of sp³-hybridized carbons (Fsp3) is 0.350. The number of halogens is 1. The monoisotopic (exact) mass is 337 g/mol. The summed E-state index contributed by atoms with van der Waals surface area (Å²) in [4.78, 5) is 2.36. The number of fused-ring (bicyclic) bond motifs is 1. The highest BCUT2D eigenvalue weighted by Crippen LogP contribution is 2.39. The summed E-state index contributed by atoms with van der Waals surface area (Å²) < 4.78 is 20.4. The zero-order valence-corrected chi connectivity index (χ0v) is 13.9. The van der Waals surface area contributed by atoms with E-state index in [0.717, 1.165) is 31.5 Å². The van der Waals surface area contributed by atoms with Crippen molar-refractivity contribution in [3.05, 3.63) is 65.0 Å². The van der Waals surface area contributed by atoms with Crippen LogP contribution in [0.4, 0.5) is 4.39 Å². The number of hydrogen-bond donors (Lipinski definition) is 1. The van der Waals surface area contributed by atoms with E-state index in [-0.39, 0.29) is 23.9 Å². The number of benzene rings is 2. The predicted octanol–water partition coefficient (Wildman–Crippen LogP) is 2.78. The minimum atomic E-state index is -0.500. The maximum Gasteiger partial charge on any atom is 0.166 e. The first kappa shape index (κ1) is 16.1. The molecule has 2 N–H and O–H groups in total. The van der Waals surface area contributed by atoms with Gasteiger partial charge in [0.25, 0.3) is 0 Å². The number of nitrogens with zero attached hydrogens (tertiary/aromatic N) is 2. The molecular weight excluding hydrogens is 317 g/mol. The van der Waals surface area contributed by atoms with Crippen LogP contribution in [0.25, 0.3) is 0 Å². The number of ether oxygens (including phenoxy) is 1. The molecule has 128 valence electrons. The van der Waals surface area contributed by atoms with E-state index in [9.17, 15) is 4.39 Å². The molecule has 3 atom stereocenters. The number of hydrogen-bond acceptors (Lipinski definition) is 4. The van der Waals surface area contributed by atoms with Crippen LogP contribution in [0.3, 0.4) is 0 Å². The molecule has 0 amide bonds. The largest absolute Gasteiger partial charge is 0.481 e. The summed E-state index contributed by atoms with van der Waals surface area (Å²) in [5.74, 6) is -0.311. The molecule has 2 aromatic rings. The molecule has 5 heteroatoms. The lowest BCUT2D eigenvalue weighted by molar-refractivity contribution is 0.0898. The summed E-state index contributed by atoms with van der Waals surface area (Å²) in [7, 11) is 0. The molecule has 1 saturated heterocycles. The molecule has 2 aromatic carbocycles. The lowest BCUT2D eigenvalue weighted by Crippen LogP contribution is -2.40. The molecular formula is C20H20FN3O. The van der Waals surface area contributed by atoms with E-state index in [1.807, 2.05) is 18.2 Å². The Morgan fingerprint density at radius 2 is 2.08 bits per heavy atom. The quantitative estimate of drug-likeness (QED) is 0.935. The number of rotatable bonds is 3. The van der Waals surface area contributed by atoms with Gasteiger partial charge in [0.1, 0.15) is 6.10 Å². The fourth-order valence-electron chi connectivity index (χ4n) is 3.92. The van der Waals surface area contributed by atoms with E-state index in [4.69, 9.17) is 15.7 Å². The van der Waals surface area contributed by atoms with Gasteiger partial charge in [0, 0.05) is 19.1 Å². The molecule has 0 aromatic heterocycles. The average Bonchev–Trinajstić information content (AvgIpc) is 3.20. The summed E-state index contributed by atoms with van der Waals surface area (Å²) in [5.41, 5.74) is 8.72. The van der Waals surface area contributed by atoms with Gasteiger partial charge < -0.3 is 10.5 Å². The first-order chi connectivity index (χ1) is 12.2. The summed E-state index contributed by atoms with van der Waals surface area (Å²) in [6.45, 7) is 1.78. The highest BCUT2D eigenvalue weighted by atomic mass is 19.1. The van der Waals surface area contributed by atoms with Gasteiger partial charge in [0.15, 0.2) is 11.6 Å². The van der Waals surface area contributed by atoms with Crippen LogP contribution in [0.5, 0.6) is 5.75 Å². The Balaban J connectivity index is 1.65. The van der Waals surface area contributed by atoms with Crippen molar-refractivity contribution >= 4 is 0 Å². The molecule has 1 heterocycles. The lowest BCUT2D eigenvalue weighted by atomic mass is 10.1. The second-order valence-corrected chi connectivity index (χ2v) is 6.81. The summed E-state index contributed by atoms with van der Waals surface area (Å²) >= 11 is 0. The highest BCUT2D eigenvalue weighted by molar-refractivity contribution is 5.40. The van der Waals surface area contributed by atoms with Crippen LogP contribution in [0, 0.1) is 17.1 Å². The average molecular weight is 337 g/mol. The van der Waals surface area contributed by atoms with Gasteiger partial charge in [-0.05, 0) is 42.2 Å². The van der Waals surface area contributed by atoms with Gasteiger partial charge in [-0.25, -0.2) is 4.39 Å². The molecule has 2 aliphatic rings. The first-order valence-corrected chi connectivity index (χ1v) is 8.59. The summed E-state index contributed by atoms with van der Waals surface area (Å²) in [5, 5.41) is 8.90. The maximum atomic E-state index is 14.3. The molecule has 4 nitrogen and oxygen atoms in total. The van der Waals surface area contributed by atoms with Crippen molar-refractivity contribution in [2.75, 3.05) is 13.1 Å². The van der Waals surface area contributed by atoms with Gasteiger partial charge in [-0.3, -0.25) is 4.90 Å². The Kier molecular flexibility index (Phi) is 4.16. The first-order valence-electron chi connectivity index (χ1n) is 8.59. The number of nitrogens with two attached hydrogens (primary N) is 1. The van der Waals surface area contributed by atoms with E-state index in [1.165, 1.54) is 11.6 Å². The Morgan fingerprint density at radius 3 is 2.80 bits per heavy atom. The third-order valence-electron chi connectivity index (χ3n) is 5.18. The van der Waals surface area contributed by atoms with Crippen molar-refractivity contribution < 1.29 is 9.13 Å². The van der Waals surface area contributed by atoms with E-state index in [0.29, 0.717) is 5.56 Å². The van der Waals surface area contributed by atoms with Crippen molar-refractivity contribution in [1.82, 2.24) is 4.90 Å². The van der Waals surface area contributed by atoms with Gasteiger partial charge in [0.2, 0.25) is 0 Å². The second-order valence-electron chi connectivity index (χ2n) is 6.81. The Hall–Kier alpha value is -2.42. The van der Waals surface area contributed by atoms with Crippen molar-refractivity contribution in [2.24, 2.45) is 5.73 Å². The van der Waals surface area contributed by atoms with Crippen LogP contribution in [0.1, 0.15) is 29.2 Å². The second kappa shape index (κ2) is 6.47. The molecule has 1 aliphatic heterocycles. The summed E-state index contributed by atoms with van der Waals surface area (Å²) in [6, 6.07) is 14.8. The predicted molar refractivity (Wildman–Crippen MR) is 92.6 cm³/mol. The van der Waals surface area contributed by atoms with E-state index >= 15 is 0 Å². The molecule has 0 spiro atoms. The van der Waals surface area contributed by atoms with Gasteiger partial charge in [-0.2, -0.15) is 5.26 Å². The molecule has 1 fully saturated rings. The van der Waals surface area contributed by atoms with Crippen LogP contribution in [0.2, 0.25) is 0 Å². The SMILES string of the molecule is N#Cc1ccc(O[C@@H]2c3ccccc3C[C@H]2N2CC[C@H](N)C2)c(F)c1. The van der Waals surface area contributed by atoms with Crippen molar-refractivity contribution in [3.63, 3.8) is 0 Å². The topological polar surface area (TPSA) is 62.3 Å². The fourth-order valence-corrected chi connectivity index (χ4v) is 3.92. The van der Waals surface area contributed by atoms with E-state index in [1.54, 1.807) is 12.1 Å². The van der Waals surface area contributed by atoms with Crippen LogP contribution in [-0.2, 0) is 6.42 Å². The van der Waals surface area contributed by atoms with Crippen LogP contribution >= 0.6 is 0 Å². The smallest absolute Gasteiger partial charge is 0.166 e. The molecule has 4 rings (SSSR count).